The second kappa shape index (κ2) is 11.7. The molecule has 0 N–H and O–H groups in total. The Morgan fingerprint density at radius 1 is 0.475 bits per heavy atom. The molecule has 0 aliphatic heterocycles. The number of halogens is 2. The predicted octanol–water partition coefficient (Wildman–Crippen LogP) is 10.9. The molecule has 0 atom stereocenters. The first-order valence-electron chi connectivity index (χ1n) is 13.3. The summed E-state index contributed by atoms with van der Waals surface area (Å²) in [4.78, 5) is 4.92. The Bertz CT molecular complexity index is 1520. The third-order valence-electron chi connectivity index (χ3n) is 7.23. The van der Waals surface area contributed by atoms with Gasteiger partial charge < -0.3 is 9.80 Å². The summed E-state index contributed by atoms with van der Waals surface area (Å²) >= 11 is 7.29. The molecule has 0 unspecified atom stereocenters. The van der Waals surface area contributed by atoms with Gasteiger partial charge in [0, 0.05) is 38.1 Å². The lowest BCUT2D eigenvalue weighted by molar-refractivity contribution is 0.526. The molecule has 0 saturated heterocycles. The van der Waals surface area contributed by atoms with E-state index in [9.17, 15) is 0 Å². The van der Waals surface area contributed by atoms with Gasteiger partial charge in [0.15, 0.2) is 0 Å². The van der Waals surface area contributed by atoms with Gasteiger partial charge in [-0.25, -0.2) is 0 Å². The van der Waals surface area contributed by atoms with Gasteiger partial charge in [-0.2, -0.15) is 0 Å². The van der Waals surface area contributed by atoms with E-state index >= 15 is 0 Å². The number of nitrogens with zero attached hydrogens (tertiary/aromatic N) is 2. The summed E-state index contributed by atoms with van der Waals surface area (Å²) in [5, 5.41) is 0. The van der Waals surface area contributed by atoms with E-state index in [1.165, 1.54) is 11.1 Å². The lowest BCUT2D eigenvalue weighted by atomic mass is 9.88. The fraction of sp³-hybridized carbons (Fsp3) is 0.0556. The lowest BCUT2D eigenvalue weighted by Gasteiger charge is -2.52. The number of allylic oxidation sites excluding steroid dienone is 2. The van der Waals surface area contributed by atoms with Crippen LogP contribution < -0.4 is 9.80 Å². The summed E-state index contributed by atoms with van der Waals surface area (Å²) in [6, 6.07) is 49.2. The molecule has 6 rings (SSSR count). The Balaban J connectivity index is 1.62. The molecule has 196 valence electrons. The van der Waals surface area contributed by atoms with Crippen molar-refractivity contribution in [3.8, 4) is 0 Å². The number of benzene rings is 5. The molecule has 0 heterocycles. The van der Waals surface area contributed by atoms with Crippen molar-refractivity contribution in [2.75, 3.05) is 9.80 Å². The molecule has 5 aromatic carbocycles. The van der Waals surface area contributed by atoms with E-state index in [1.807, 2.05) is 0 Å². The smallest absolute Gasteiger partial charge is 0.145 e. The highest BCUT2D eigenvalue weighted by atomic mass is 79.9. The molecule has 0 spiro atoms. The van der Waals surface area contributed by atoms with E-state index in [2.05, 4.69) is 199 Å². The molecule has 4 heteroatoms. The Hall–Kier alpha value is -3.86. The minimum Gasteiger partial charge on any atom is -0.314 e. The quantitative estimate of drug-likeness (QED) is 0.162. The van der Waals surface area contributed by atoms with Crippen molar-refractivity contribution in [1.82, 2.24) is 0 Å². The van der Waals surface area contributed by atoms with Crippen LogP contribution in [-0.4, -0.2) is 5.66 Å². The Morgan fingerprint density at radius 3 is 1.27 bits per heavy atom. The van der Waals surface area contributed by atoms with Crippen LogP contribution in [0, 0.1) is 0 Å². The van der Waals surface area contributed by atoms with E-state index in [-0.39, 0.29) is 0 Å². The van der Waals surface area contributed by atoms with E-state index < -0.39 is 5.66 Å². The summed E-state index contributed by atoms with van der Waals surface area (Å²) in [5.41, 5.74) is 6.29. The van der Waals surface area contributed by atoms with Crippen LogP contribution in [0.5, 0.6) is 0 Å². The van der Waals surface area contributed by atoms with Crippen LogP contribution in [0.3, 0.4) is 0 Å². The summed E-state index contributed by atoms with van der Waals surface area (Å²) in [5.74, 6) is 0. The normalized spacial score (nSPS) is 13.9. The van der Waals surface area contributed by atoms with Crippen molar-refractivity contribution in [1.29, 1.82) is 0 Å². The van der Waals surface area contributed by atoms with Crippen LogP contribution in [0.2, 0.25) is 0 Å². The van der Waals surface area contributed by atoms with Crippen LogP contribution >= 0.6 is 31.9 Å². The van der Waals surface area contributed by atoms with Gasteiger partial charge in [0.1, 0.15) is 5.66 Å². The zero-order valence-electron chi connectivity index (χ0n) is 21.9. The lowest BCUT2D eigenvalue weighted by Crippen LogP contribution is -2.57. The van der Waals surface area contributed by atoms with Gasteiger partial charge in [0.05, 0.1) is 0 Å². The molecule has 0 bridgehead atoms. The molecule has 0 radical (unpaired) electrons. The monoisotopic (exact) mass is 646 g/mol. The summed E-state index contributed by atoms with van der Waals surface area (Å²) in [6.07, 6.45) is 7.78. The van der Waals surface area contributed by atoms with E-state index in [0.29, 0.717) is 0 Å². The molecule has 0 aromatic heterocycles. The van der Waals surface area contributed by atoms with Gasteiger partial charge in [-0.05, 0) is 90.0 Å². The van der Waals surface area contributed by atoms with Gasteiger partial charge in [-0.1, -0.05) is 111 Å². The molecule has 5 aromatic rings. The third-order valence-corrected chi connectivity index (χ3v) is 8.29. The van der Waals surface area contributed by atoms with Crippen molar-refractivity contribution in [3.63, 3.8) is 0 Å². The Labute approximate surface area is 253 Å². The van der Waals surface area contributed by atoms with Gasteiger partial charge >= 0.3 is 0 Å². The SMILES string of the molecule is Brc1ccc(N(c2ccccc2)C2(N(c3ccccc3)c3ccc(Br)cc3)C=CC(c3ccccc3)=CC2)cc1. The minimum atomic E-state index is -0.595. The Morgan fingerprint density at radius 2 is 0.875 bits per heavy atom. The zero-order valence-corrected chi connectivity index (χ0v) is 25.0. The Kier molecular flexibility index (Phi) is 7.72. The fourth-order valence-electron chi connectivity index (χ4n) is 5.42. The highest BCUT2D eigenvalue weighted by Crippen LogP contribution is 2.47. The first-order valence-corrected chi connectivity index (χ1v) is 14.9. The van der Waals surface area contributed by atoms with Crippen molar-refractivity contribution in [2.24, 2.45) is 0 Å². The van der Waals surface area contributed by atoms with Gasteiger partial charge in [-0.15, -0.1) is 0 Å². The van der Waals surface area contributed by atoms with Crippen molar-refractivity contribution < 1.29 is 0 Å². The number of para-hydroxylation sites is 2. The maximum Gasteiger partial charge on any atom is 0.145 e. The summed E-state index contributed by atoms with van der Waals surface area (Å²) in [6.45, 7) is 0. The molecule has 0 saturated carbocycles. The van der Waals surface area contributed by atoms with Crippen molar-refractivity contribution >= 4 is 60.2 Å². The molecule has 1 aliphatic rings. The summed E-state index contributed by atoms with van der Waals surface area (Å²) < 4.78 is 2.10. The summed E-state index contributed by atoms with van der Waals surface area (Å²) in [7, 11) is 0. The largest absolute Gasteiger partial charge is 0.314 e. The molecular weight excluding hydrogens is 620 g/mol. The molecule has 1 aliphatic carbocycles. The van der Waals surface area contributed by atoms with E-state index in [0.717, 1.165) is 38.1 Å². The second-order valence-corrected chi connectivity index (χ2v) is 11.6. The van der Waals surface area contributed by atoms with Crippen LogP contribution in [0.25, 0.3) is 5.57 Å². The number of anilines is 4. The molecular formula is C36H28Br2N2. The van der Waals surface area contributed by atoms with E-state index in [1.54, 1.807) is 0 Å². The van der Waals surface area contributed by atoms with Crippen LogP contribution in [0.1, 0.15) is 12.0 Å². The maximum absolute atomic E-state index is 3.65. The van der Waals surface area contributed by atoms with E-state index in [4.69, 9.17) is 0 Å². The second-order valence-electron chi connectivity index (χ2n) is 9.74. The maximum atomic E-state index is 3.65. The first kappa shape index (κ1) is 26.4. The van der Waals surface area contributed by atoms with Crippen LogP contribution in [0.15, 0.2) is 167 Å². The number of hydrogen-bond donors (Lipinski definition) is 0. The average Bonchev–Trinajstić information content (AvgIpc) is 3.01. The van der Waals surface area contributed by atoms with Crippen molar-refractivity contribution in [2.45, 2.75) is 12.1 Å². The van der Waals surface area contributed by atoms with Crippen LogP contribution in [-0.2, 0) is 0 Å². The molecule has 2 nitrogen and oxygen atoms in total. The average molecular weight is 648 g/mol. The molecule has 0 fully saturated rings. The topological polar surface area (TPSA) is 6.48 Å². The fourth-order valence-corrected chi connectivity index (χ4v) is 5.95. The molecule has 0 amide bonds. The first-order chi connectivity index (χ1) is 19.6. The van der Waals surface area contributed by atoms with Gasteiger partial charge in [0.25, 0.3) is 0 Å². The van der Waals surface area contributed by atoms with Gasteiger partial charge in [0.2, 0.25) is 0 Å². The molecule has 40 heavy (non-hydrogen) atoms. The highest BCUT2D eigenvalue weighted by molar-refractivity contribution is 9.10. The highest BCUT2D eigenvalue weighted by Gasteiger charge is 2.43. The zero-order chi connectivity index (χ0) is 27.4. The number of rotatable bonds is 7. The number of hydrogen-bond acceptors (Lipinski definition) is 2. The standard InChI is InChI=1S/C36H28Br2N2/c37-30-16-20-34(21-17-30)39(32-12-6-2-7-13-32)36(26-24-29(25-27-36)28-10-4-1-5-11-28)40(33-14-8-3-9-15-33)35-22-18-31(38)19-23-35/h1-26H,27H2. The van der Waals surface area contributed by atoms with Crippen LogP contribution in [0.4, 0.5) is 22.7 Å². The van der Waals surface area contributed by atoms with Crippen molar-refractivity contribution in [3.05, 3.63) is 172 Å². The predicted molar refractivity (Wildman–Crippen MR) is 176 cm³/mol. The third kappa shape index (κ3) is 5.30. The van der Waals surface area contributed by atoms with Gasteiger partial charge in [-0.3, -0.25) is 0 Å². The minimum absolute atomic E-state index is 0.595.